The highest BCUT2D eigenvalue weighted by atomic mass is 16.6. The Labute approximate surface area is 185 Å². The molecule has 2 aromatic rings. The van der Waals surface area contributed by atoms with E-state index in [1.165, 1.54) is 5.56 Å². The molecular formula is C24H34N4O3. The predicted octanol–water partition coefficient (Wildman–Crippen LogP) is 3.73. The molecule has 0 bridgehead atoms. The largest absolute Gasteiger partial charge is 0.492 e. The predicted molar refractivity (Wildman–Crippen MR) is 123 cm³/mol. The van der Waals surface area contributed by atoms with Gasteiger partial charge in [0.1, 0.15) is 18.0 Å². The topological polar surface area (TPSA) is 66.1 Å². The van der Waals surface area contributed by atoms with Crippen molar-refractivity contribution in [3.8, 4) is 5.75 Å². The number of carbonyl (C=O) groups is 1. The highest BCUT2D eigenvalue weighted by Gasteiger charge is 2.25. The molecule has 1 fully saturated rings. The van der Waals surface area contributed by atoms with Gasteiger partial charge in [-0.05, 0) is 50.6 Å². The Morgan fingerprint density at radius 1 is 0.968 bits per heavy atom. The third kappa shape index (κ3) is 8.11. The molecule has 2 aromatic carbocycles. The summed E-state index contributed by atoms with van der Waals surface area (Å²) in [5.41, 5.74) is 8.15. The van der Waals surface area contributed by atoms with Gasteiger partial charge in [-0.3, -0.25) is 4.90 Å². The number of hydrogen-bond acceptors (Lipinski definition) is 6. The number of para-hydroxylation sites is 1. The number of benzene rings is 2. The number of hydrogen-bond donors (Lipinski definition) is 2. The van der Waals surface area contributed by atoms with E-state index in [0.29, 0.717) is 19.7 Å². The van der Waals surface area contributed by atoms with Crippen LogP contribution >= 0.6 is 0 Å². The first-order valence-corrected chi connectivity index (χ1v) is 10.8. The zero-order valence-electron chi connectivity index (χ0n) is 18.8. The van der Waals surface area contributed by atoms with Gasteiger partial charge in [-0.2, -0.15) is 0 Å². The second kappa shape index (κ2) is 11.0. The highest BCUT2D eigenvalue weighted by Crippen LogP contribution is 2.14. The number of ether oxygens (including phenoxy) is 2. The number of piperazine rings is 1. The fourth-order valence-electron chi connectivity index (χ4n) is 3.25. The van der Waals surface area contributed by atoms with Crippen molar-refractivity contribution in [2.75, 3.05) is 44.8 Å². The van der Waals surface area contributed by atoms with E-state index < -0.39 is 5.60 Å². The number of nitrogens with zero attached hydrogens (tertiary/aromatic N) is 2. The molecule has 3 rings (SSSR count). The number of carbonyl (C=O) groups excluding carboxylic acids is 1. The molecule has 0 saturated carbocycles. The van der Waals surface area contributed by atoms with Crippen molar-refractivity contribution in [3.63, 3.8) is 0 Å². The Morgan fingerprint density at radius 2 is 1.65 bits per heavy atom. The van der Waals surface area contributed by atoms with E-state index in [9.17, 15) is 4.79 Å². The first-order valence-electron chi connectivity index (χ1n) is 10.8. The van der Waals surface area contributed by atoms with Gasteiger partial charge in [-0.25, -0.2) is 10.2 Å². The van der Waals surface area contributed by atoms with Crippen molar-refractivity contribution in [3.05, 3.63) is 60.2 Å². The summed E-state index contributed by atoms with van der Waals surface area (Å²) in [5.74, 6) is 0.868. The summed E-state index contributed by atoms with van der Waals surface area (Å²) in [5, 5.41) is 0. The lowest BCUT2D eigenvalue weighted by Crippen LogP contribution is -2.50. The average molecular weight is 427 g/mol. The smallest absolute Gasteiger partial charge is 0.410 e. The Balaban J connectivity index is 1.31. The first kappa shape index (κ1) is 22.9. The summed E-state index contributed by atoms with van der Waals surface area (Å²) in [6.07, 6.45) is -0.225. The zero-order chi connectivity index (χ0) is 22.1. The van der Waals surface area contributed by atoms with E-state index in [1.807, 2.05) is 63.2 Å². The molecule has 168 valence electrons. The summed E-state index contributed by atoms with van der Waals surface area (Å²) in [4.78, 5) is 16.2. The fourth-order valence-corrected chi connectivity index (χ4v) is 3.25. The standard InChI is InChI=1S/C24H34N4O3/c1-24(2,3)31-23(29)28-15-13-27(14-16-28)17-18-30-22-11-9-20(10-12-22)19-25-26-21-7-5-4-6-8-21/h4-12,25-26H,13-19H2,1-3H3. The number of hydrazine groups is 1. The van der Waals surface area contributed by atoms with Crippen molar-refractivity contribution in [1.29, 1.82) is 0 Å². The van der Waals surface area contributed by atoms with Crippen LogP contribution in [0.4, 0.5) is 10.5 Å². The Kier molecular flexibility index (Phi) is 8.14. The Hall–Kier alpha value is -2.77. The van der Waals surface area contributed by atoms with Crippen molar-refractivity contribution in [2.24, 2.45) is 0 Å². The van der Waals surface area contributed by atoms with E-state index in [0.717, 1.165) is 37.6 Å². The normalized spacial score (nSPS) is 14.9. The second-order valence-electron chi connectivity index (χ2n) is 8.65. The maximum atomic E-state index is 12.1. The molecule has 7 heteroatoms. The average Bonchev–Trinajstić information content (AvgIpc) is 2.75. The Morgan fingerprint density at radius 3 is 2.29 bits per heavy atom. The third-order valence-electron chi connectivity index (χ3n) is 4.92. The molecule has 0 unspecified atom stereocenters. The van der Waals surface area contributed by atoms with Gasteiger partial charge in [-0.1, -0.05) is 30.3 Å². The summed E-state index contributed by atoms with van der Waals surface area (Å²) in [6.45, 7) is 10.9. The number of nitrogens with one attached hydrogen (secondary N) is 2. The lowest BCUT2D eigenvalue weighted by molar-refractivity contribution is 0.0137. The first-order chi connectivity index (χ1) is 14.9. The Bertz CT molecular complexity index is 798. The van der Waals surface area contributed by atoms with Crippen molar-refractivity contribution in [2.45, 2.75) is 32.9 Å². The van der Waals surface area contributed by atoms with Gasteiger partial charge < -0.3 is 19.8 Å². The van der Waals surface area contributed by atoms with Crippen LogP contribution < -0.4 is 15.6 Å². The molecule has 0 spiro atoms. The number of amides is 1. The van der Waals surface area contributed by atoms with Gasteiger partial charge in [0.15, 0.2) is 0 Å². The molecule has 1 aliphatic heterocycles. The van der Waals surface area contributed by atoms with Crippen molar-refractivity contribution < 1.29 is 14.3 Å². The van der Waals surface area contributed by atoms with Gasteiger partial charge in [0.25, 0.3) is 0 Å². The SMILES string of the molecule is CC(C)(C)OC(=O)N1CCN(CCOc2ccc(CNNc3ccccc3)cc2)CC1. The lowest BCUT2D eigenvalue weighted by Gasteiger charge is -2.35. The molecule has 0 atom stereocenters. The van der Waals surface area contributed by atoms with Crippen LogP contribution in [0.1, 0.15) is 26.3 Å². The van der Waals surface area contributed by atoms with Crippen LogP contribution in [0.15, 0.2) is 54.6 Å². The molecule has 1 heterocycles. The minimum Gasteiger partial charge on any atom is -0.492 e. The number of anilines is 1. The third-order valence-corrected chi connectivity index (χ3v) is 4.92. The summed E-state index contributed by atoms with van der Waals surface area (Å²) in [7, 11) is 0. The van der Waals surface area contributed by atoms with Crippen LogP contribution in [0.5, 0.6) is 5.75 Å². The second-order valence-corrected chi connectivity index (χ2v) is 8.65. The van der Waals surface area contributed by atoms with E-state index in [4.69, 9.17) is 9.47 Å². The van der Waals surface area contributed by atoms with E-state index in [-0.39, 0.29) is 6.09 Å². The van der Waals surface area contributed by atoms with Gasteiger partial charge >= 0.3 is 6.09 Å². The molecular weight excluding hydrogens is 392 g/mol. The van der Waals surface area contributed by atoms with Crippen LogP contribution in [-0.2, 0) is 11.3 Å². The van der Waals surface area contributed by atoms with Crippen LogP contribution in [0, 0.1) is 0 Å². The van der Waals surface area contributed by atoms with Crippen molar-refractivity contribution in [1.82, 2.24) is 15.2 Å². The molecule has 1 aliphatic rings. The van der Waals surface area contributed by atoms with E-state index in [1.54, 1.807) is 4.90 Å². The minimum absolute atomic E-state index is 0.225. The zero-order valence-corrected chi connectivity index (χ0v) is 18.8. The minimum atomic E-state index is -0.452. The molecule has 1 amide bonds. The summed E-state index contributed by atoms with van der Waals surface area (Å²) in [6, 6.07) is 18.1. The molecule has 7 nitrogen and oxygen atoms in total. The summed E-state index contributed by atoms with van der Waals surface area (Å²) < 4.78 is 11.3. The van der Waals surface area contributed by atoms with Gasteiger partial charge in [0.05, 0.1) is 0 Å². The lowest BCUT2D eigenvalue weighted by atomic mass is 10.2. The van der Waals surface area contributed by atoms with Crippen LogP contribution in [0.2, 0.25) is 0 Å². The monoisotopic (exact) mass is 426 g/mol. The maximum absolute atomic E-state index is 12.1. The maximum Gasteiger partial charge on any atom is 0.410 e. The molecule has 31 heavy (non-hydrogen) atoms. The molecule has 2 N–H and O–H groups in total. The molecule has 0 aromatic heterocycles. The molecule has 0 radical (unpaired) electrons. The van der Waals surface area contributed by atoms with Crippen molar-refractivity contribution >= 4 is 11.8 Å². The molecule has 1 saturated heterocycles. The van der Waals surface area contributed by atoms with Crippen LogP contribution in [0.3, 0.4) is 0 Å². The van der Waals surface area contributed by atoms with Gasteiger partial charge in [-0.15, -0.1) is 0 Å². The highest BCUT2D eigenvalue weighted by molar-refractivity contribution is 5.68. The van der Waals surface area contributed by atoms with Gasteiger partial charge in [0.2, 0.25) is 0 Å². The molecule has 0 aliphatic carbocycles. The van der Waals surface area contributed by atoms with Crippen LogP contribution in [0.25, 0.3) is 0 Å². The van der Waals surface area contributed by atoms with Gasteiger partial charge in [0, 0.05) is 45.0 Å². The summed E-state index contributed by atoms with van der Waals surface area (Å²) >= 11 is 0. The van der Waals surface area contributed by atoms with E-state index in [2.05, 4.69) is 27.9 Å². The van der Waals surface area contributed by atoms with E-state index >= 15 is 0 Å². The van der Waals surface area contributed by atoms with Crippen LogP contribution in [-0.4, -0.2) is 60.8 Å². The fraction of sp³-hybridized carbons (Fsp3) is 0.458. The number of rotatable bonds is 8. The quantitative estimate of drug-likeness (QED) is 0.627.